The van der Waals surface area contributed by atoms with E-state index in [-0.39, 0.29) is 18.9 Å². The Kier molecular flexibility index (Phi) is 10.5. The van der Waals surface area contributed by atoms with Crippen LogP contribution in [-0.4, -0.2) is 63.6 Å². The molecular weight excluding hydrogens is 502 g/mol. The van der Waals surface area contributed by atoms with Crippen molar-refractivity contribution in [1.29, 1.82) is 0 Å². The summed E-state index contributed by atoms with van der Waals surface area (Å²) in [5.74, 6) is 0. The number of hydrogen-bond acceptors (Lipinski definition) is 9. The van der Waals surface area contributed by atoms with Crippen LogP contribution in [0.3, 0.4) is 0 Å². The fourth-order valence-electron chi connectivity index (χ4n) is 0.953. The summed E-state index contributed by atoms with van der Waals surface area (Å²) in [6.45, 7) is -8.66. The number of hydrogen-bond donors (Lipinski definition) is 0. The summed E-state index contributed by atoms with van der Waals surface area (Å²) in [5.41, 5.74) is 0. The Balaban J connectivity index is 0. The third-order valence-corrected chi connectivity index (χ3v) is 7.93. The molecule has 0 unspecified atom stereocenters. The molecule has 0 radical (unpaired) electrons. The van der Waals surface area contributed by atoms with Gasteiger partial charge in [0, 0.05) is 0 Å². The fraction of sp³-hybridized carbons (Fsp3) is 0.857. The molecular formula is C7H6F9LiO9S3. The van der Waals surface area contributed by atoms with E-state index >= 15 is 0 Å². The maximum atomic E-state index is 12.0. The van der Waals surface area contributed by atoms with Gasteiger partial charge in [0.05, 0.1) is 0 Å². The molecule has 0 aliphatic rings. The van der Waals surface area contributed by atoms with E-state index < -0.39 is 72.6 Å². The number of rotatable bonds is 9. The summed E-state index contributed by atoms with van der Waals surface area (Å²) < 4.78 is 182. The van der Waals surface area contributed by atoms with Crippen molar-refractivity contribution in [1.82, 2.24) is 0 Å². The Morgan fingerprint density at radius 3 is 0.828 bits per heavy atom. The van der Waals surface area contributed by atoms with Gasteiger partial charge in [0.15, 0.2) is 50.2 Å². The molecule has 0 aromatic carbocycles. The monoisotopic (exact) mass is 508 g/mol. The van der Waals surface area contributed by atoms with E-state index in [1.807, 2.05) is 0 Å². The predicted octanol–water partition coefficient (Wildman–Crippen LogP) is -1.84. The van der Waals surface area contributed by atoms with Crippen LogP contribution in [0.25, 0.3) is 0 Å². The van der Waals surface area contributed by atoms with Gasteiger partial charge in [0.2, 0.25) is 0 Å². The summed E-state index contributed by atoms with van der Waals surface area (Å²) in [6, 6.07) is 0. The summed E-state index contributed by atoms with van der Waals surface area (Å²) >= 11 is 0. The van der Waals surface area contributed by atoms with E-state index in [0.29, 0.717) is 0 Å². The van der Waals surface area contributed by atoms with Gasteiger partial charge in [-0.15, -0.1) is 0 Å². The van der Waals surface area contributed by atoms with Gasteiger partial charge < -0.3 is 0 Å². The first kappa shape index (κ1) is 30.9. The Hall–Kier alpha value is -0.303. The van der Waals surface area contributed by atoms with E-state index in [9.17, 15) is 64.8 Å². The molecule has 0 atom stereocenters. The first-order valence-corrected chi connectivity index (χ1v) is 9.96. The molecule has 0 aromatic heterocycles. The third-order valence-electron chi connectivity index (χ3n) is 1.75. The molecule has 0 aromatic rings. The van der Waals surface area contributed by atoms with Gasteiger partial charge in [0.25, 0.3) is 0 Å². The summed E-state index contributed by atoms with van der Waals surface area (Å²) in [7, 11) is -20.0. The summed E-state index contributed by atoms with van der Waals surface area (Å²) in [4.78, 5) is 0. The molecule has 29 heavy (non-hydrogen) atoms. The van der Waals surface area contributed by atoms with Gasteiger partial charge in [-0.2, -0.15) is 39.5 Å². The van der Waals surface area contributed by atoms with Crippen molar-refractivity contribution < 1.29 is 96.2 Å². The van der Waals surface area contributed by atoms with E-state index in [0.717, 1.165) is 0 Å². The van der Waals surface area contributed by atoms with Crippen LogP contribution in [0.4, 0.5) is 39.5 Å². The van der Waals surface area contributed by atoms with Crippen LogP contribution in [-0.2, 0) is 42.9 Å². The minimum Gasteiger partial charge on any atom is -0.283 e. The van der Waals surface area contributed by atoms with Crippen LogP contribution in [0, 0.1) is 3.91 Å². The SMILES string of the molecule is O=S(=O)(OCC(F)(F)F)[C-](S(=O)(=O)OCC(F)(F)F)S(=O)(=O)OCC(F)(F)F.[Li+]. The van der Waals surface area contributed by atoms with Crippen molar-refractivity contribution in [3.8, 4) is 0 Å². The van der Waals surface area contributed by atoms with Crippen LogP contribution >= 0.6 is 0 Å². The van der Waals surface area contributed by atoms with Gasteiger partial charge in [-0.3, -0.25) is 12.5 Å². The minimum absolute atomic E-state index is 0. The van der Waals surface area contributed by atoms with E-state index in [1.165, 1.54) is 0 Å². The van der Waals surface area contributed by atoms with Gasteiger partial charge in [0.1, 0.15) is 3.91 Å². The van der Waals surface area contributed by atoms with E-state index in [4.69, 9.17) is 0 Å². The molecule has 0 aliphatic heterocycles. The number of alkyl halides is 9. The molecule has 170 valence electrons. The van der Waals surface area contributed by atoms with Crippen molar-refractivity contribution in [2.45, 2.75) is 18.5 Å². The molecule has 0 rings (SSSR count). The largest absolute Gasteiger partial charge is 1.00 e. The van der Waals surface area contributed by atoms with E-state index in [1.54, 1.807) is 0 Å². The van der Waals surface area contributed by atoms with Crippen molar-refractivity contribution in [3.05, 3.63) is 3.91 Å². The van der Waals surface area contributed by atoms with Crippen molar-refractivity contribution in [2.75, 3.05) is 19.8 Å². The van der Waals surface area contributed by atoms with Crippen molar-refractivity contribution in [2.24, 2.45) is 0 Å². The van der Waals surface area contributed by atoms with Crippen LogP contribution in [0.2, 0.25) is 0 Å². The molecule has 22 heteroatoms. The summed E-state index contributed by atoms with van der Waals surface area (Å²) in [6.07, 6.45) is -16.6. The second-order valence-corrected chi connectivity index (χ2v) is 9.68. The smallest absolute Gasteiger partial charge is 0.283 e. The van der Waals surface area contributed by atoms with Gasteiger partial charge in [-0.1, -0.05) is 0 Å². The maximum absolute atomic E-state index is 12.0. The molecule has 0 aliphatic carbocycles. The standard InChI is InChI=1S/C7H6F9O9S3.Li/c8-5(9,10)1-23-26(17,18)4(27(19,20)24-2-6(11,12)13)28(21,22)25-3-7(14,15)16;/h1-3H2;/q-1;+1. The normalized spacial score (nSPS) is 14.7. The Labute approximate surface area is 169 Å². The average molecular weight is 508 g/mol. The van der Waals surface area contributed by atoms with Crippen LogP contribution in [0.15, 0.2) is 0 Å². The second kappa shape index (κ2) is 9.88. The Bertz CT molecular complexity index is 727. The van der Waals surface area contributed by atoms with Gasteiger partial charge in [-0.25, -0.2) is 25.3 Å². The zero-order valence-corrected chi connectivity index (χ0v) is 15.9. The third kappa shape index (κ3) is 12.2. The minimum atomic E-state index is -6.67. The predicted molar refractivity (Wildman–Crippen MR) is 66.0 cm³/mol. The van der Waals surface area contributed by atoms with E-state index in [2.05, 4.69) is 12.5 Å². The zero-order valence-electron chi connectivity index (χ0n) is 13.4. The Morgan fingerprint density at radius 2 is 0.690 bits per heavy atom. The van der Waals surface area contributed by atoms with Crippen LogP contribution in [0.5, 0.6) is 0 Å². The molecule has 0 bridgehead atoms. The van der Waals surface area contributed by atoms with Crippen LogP contribution in [0.1, 0.15) is 0 Å². The summed E-state index contributed by atoms with van der Waals surface area (Å²) in [5, 5.41) is 0. The number of halogens is 9. The quantitative estimate of drug-likeness (QED) is 0.153. The molecule has 0 spiro atoms. The van der Waals surface area contributed by atoms with Gasteiger partial charge in [-0.05, 0) is 0 Å². The van der Waals surface area contributed by atoms with Crippen LogP contribution < -0.4 is 18.9 Å². The fourth-order valence-corrected chi connectivity index (χ4v) is 5.97. The first-order chi connectivity index (χ1) is 12.0. The van der Waals surface area contributed by atoms with Crippen molar-refractivity contribution in [3.63, 3.8) is 0 Å². The molecule has 0 N–H and O–H groups in total. The van der Waals surface area contributed by atoms with Crippen molar-refractivity contribution >= 4 is 30.4 Å². The molecule has 0 saturated heterocycles. The topological polar surface area (TPSA) is 130 Å². The molecule has 0 fully saturated rings. The molecule has 0 amide bonds. The average Bonchev–Trinajstić information content (AvgIpc) is 2.38. The maximum Gasteiger partial charge on any atom is 1.00 e. The molecule has 9 nitrogen and oxygen atoms in total. The zero-order chi connectivity index (χ0) is 22.8. The first-order valence-electron chi connectivity index (χ1n) is 5.74. The second-order valence-electron chi connectivity index (χ2n) is 4.24. The Morgan fingerprint density at radius 1 is 0.517 bits per heavy atom. The van der Waals surface area contributed by atoms with Gasteiger partial charge >= 0.3 is 37.4 Å². The molecule has 0 heterocycles. The molecule has 0 saturated carbocycles.